The molecule has 1 N–H and O–H groups in total. The molecule has 0 saturated heterocycles. The molecule has 11 nitrogen and oxygen atoms in total. The number of hydrogen-bond donors (Lipinski definition) is 1. The highest BCUT2D eigenvalue weighted by Crippen LogP contribution is 2.53. The number of hydrogen-bond acceptors (Lipinski definition) is 10. The van der Waals surface area contributed by atoms with Crippen LogP contribution in [0.1, 0.15) is 45.1 Å². The fraction of sp³-hybridized carbons (Fsp3) is 0.552. The Kier molecular flexibility index (Phi) is 10.3. The molecule has 0 radical (unpaired) electrons. The Bertz CT molecular complexity index is 1210. The van der Waals surface area contributed by atoms with Gasteiger partial charge >= 0.3 is 0 Å². The zero-order valence-corrected chi connectivity index (χ0v) is 23.8. The zero-order chi connectivity index (χ0) is 29.4. The van der Waals surface area contributed by atoms with Gasteiger partial charge in [0.2, 0.25) is 17.5 Å². The van der Waals surface area contributed by atoms with Crippen LogP contribution in [0.25, 0.3) is 0 Å². The minimum atomic E-state index is -1.35. The number of nitrogens with zero attached hydrogens (tertiary/aromatic N) is 2. The van der Waals surface area contributed by atoms with Gasteiger partial charge in [0.1, 0.15) is 18.8 Å². The van der Waals surface area contributed by atoms with E-state index in [9.17, 15) is 20.5 Å². The van der Waals surface area contributed by atoms with Gasteiger partial charge < -0.3 is 33.5 Å². The molecule has 0 spiro atoms. The van der Waals surface area contributed by atoms with Crippen molar-refractivity contribution in [1.29, 1.82) is 5.26 Å². The van der Waals surface area contributed by atoms with E-state index in [1.54, 1.807) is 24.3 Å². The van der Waals surface area contributed by atoms with Crippen LogP contribution >= 0.6 is 0 Å². The molecule has 1 aliphatic heterocycles. The Balaban J connectivity index is 1.93. The van der Waals surface area contributed by atoms with E-state index >= 15 is 0 Å². The van der Waals surface area contributed by atoms with Gasteiger partial charge in [-0.1, -0.05) is 32.4 Å². The van der Waals surface area contributed by atoms with Crippen LogP contribution in [0.5, 0.6) is 34.5 Å². The van der Waals surface area contributed by atoms with Crippen LogP contribution in [0, 0.1) is 27.4 Å². The lowest BCUT2D eigenvalue weighted by Crippen LogP contribution is -2.42. The Labute approximate surface area is 234 Å². The van der Waals surface area contributed by atoms with Crippen molar-refractivity contribution in [1.82, 2.24) is 0 Å². The van der Waals surface area contributed by atoms with Crippen molar-refractivity contribution in [2.24, 2.45) is 5.92 Å². The molecule has 218 valence electrons. The SMILES string of the molecule is CCC(C)C(C#N)(CCC(O)C(CC1COc2ccccc2O1)[N+](=O)[O-])c1cc(OC)c(OC)c(OC)c1OC. The highest BCUT2D eigenvalue weighted by Gasteiger charge is 2.44. The molecule has 0 fully saturated rings. The van der Waals surface area contributed by atoms with Crippen LogP contribution in [0.3, 0.4) is 0 Å². The third kappa shape index (κ3) is 5.97. The van der Waals surface area contributed by atoms with Gasteiger partial charge in [0.05, 0.1) is 46.3 Å². The number of methoxy groups -OCH3 is 4. The third-order valence-electron chi connectivity index (χ3n) is 7.74. The van der Waals surface area contributed by atoms with Crippen LogP contribution in [-0.4, -0.2) is 63.3 Å². The third-order valence-corrected chi connectivity index (χ3v) is 7.74. The monoisotopic (exact) mass is 558 g/mol. The quantitative estimate of drug-likeness (QED) is 0.259. The van der Waals surface area contributed by atoms with Crippen molar-refractivity contribution in [2.45, 2.75) is 63.2 Å². The molecule has 5 atom stereocenters. The largest absolute Gasteiger partial charge is 0.493 e. The molecule has 0 amide bonds. The number of nitro groups is 1. The fourth-order valence-electron chi connectivity index (χ4n) is 5.29. The first kappa shape index (κ1) is 30.6. The number of aliphatic hydroxyl groups excluding tert-OH is 1. The average Bonchev–Trinajstić information content (AvgIpc) is 2.98. The summed E-state index contributed by atoms with van der Waals surface area (Å²) in [4.78, 5) is 11.6. The van der Waals surface area contributed by atoms with E-state index in [2.05, 4.69) is 6.07 Å². The second kappa shape index (κ2) is 13.4. The second-order valence-corrected chi connectivity index (χ2v) is 9.81. The van der Waals surface area contributed by atoms with Crippen molar-refractivity contribution >= 4 is 0 Å². The van der Waals surface area contributed by atoms with Crippen molar-refractivity contribution in [3.8, 4) is 40.6 Å². The first-order chi connectivity index (χ1) is 19.2. The fourth-order valence-corrected chi connectivity index (χ4v) is 5.29. The lowest BCUT2D eigenvalue weighted by Gasteiger charge is -2.36. The number of rotatable bonds is 14. The van der Waals surface area contributed by atoms with E-state index in [0.717, 1.165) is 0 Å². The van der Waals surface area contributed by atoms with Crippen LogP contribution in [-0.2, 0) is 5.41 Å². The Morgan fingerprint density at radius 2 is 1.77 bits per heavy atom. The number of para-hydroxylation sites is 2. The second-order valence-electron chi connectivity index (χ2n) is 9.81. The van der Waals surface area contributed by atoms with E-state index in [1.807, 2.05) is 19.9 Å². The first-order valence-corrected chi connectivity index (χ1v) is 13.2. The van der Waals surface area contributed by atoms with Crippen LogP contribution in [0.4, 0.5) is 0 Å². The molecule has 11 heteroatoms. The summed E-state index contributed by atoms with van der Waals surface area (Å²) >= 11 is 0. The smallest absolute Gasteiger partial charge is 0.242 e. The Morgan fingerprint density at radius 3 is 2.33 bits per heavy atom. The van der Waals surface area contributed by atoms with E-state index in [4.69, 9.17) is 28.4 Å². The summed E-state index contributed by atoms with van der Waals surface area (Å²) < 4.78 is 34.0. The van der Waals surface area contributed by atoms with Crippen molar-refractivity contribution in [2.75, 3.05) is 35.0 Å². The highest BCUT2D eigenvalue weighted by atomic mass is 16.6. The lowest BCUT2D eigenvalue weighted by molar-refractivity contribution is -0.537. The van der Waals surface area contributed by atoms with E-state index in [0.29, 0.717) is 40.7 Å². The number of ether oxygens (including phenoxy) is 6. The van der Waals surface area contributed by atoms with Gasteiger partial charge in [-0.25, -0.2) is 0 Å². The molecule has 1 heterocycles. The topological polar surface area (TPSA) is 143 Å². The maximum Gasteiger partial charge on any atom is 0.242 e. The summed E-state index contributed by atoms with van der Waals surface area (Å²) in [6.45, 7) is 4.01. The van der Waals surface area contributed by atoms with Crippen molar-refractivity contribution in [3.05, 3.63) is 46.0 Å². The summed E-state index contributed by atoms with van der Waals surface area (Å²) in [5, 5.41) is 33.8. The normalized spacial score (nSPS) is 17.9. The first-order valence-electron chi connectivity index (χ1n) is 13.2. The van der Waals surface area contributed by atoms with Gasteiger partial charge in [0.25, 0.3) is 0 Å². The predicted octanol–water partition coefficient (Wildman–Crippen LogP) is 4.54. The molecular formula is C29H38N2O9. The molecule has 0 aliphatic carbocycles. The number of benzene rings is 2. The summed E-state index contributed by atoms with van der Waals surface area (Å²) in [5.74, 6) is 2.08. The minimum Gasteiger partial charge on any atom is -0.493 e. The lowest BCUT2D eigenvalue weighted by atomic mass is 9.67. The standard InChI is InChI=1S/C29H38N2O9/c1-7-18(2)29(17-30,20-15-25(35-3)27(37-5)28(38-6)26(20)36-4)13-12-22(32)21(31(33)34)14-19-16-39-23-10-8-9-11-24(23)40-19/h8-11,15,18-19,21-22,32H,7,12-14,16H2,1-6H3. The van der Waals surface area contributed by atoms with Gasteiger partial charge in [-0.2, -0.15) is 5.26 Å². The van der Waals surface area contributed by atoms with Crippen LogP contribution < -0.4 is 28.4 Å². The minimum absolute atomic E-state index is 0.0203. The molecule has 5 unspecified atom stereocenters. The zero-order valence-electron chi connectivity index (χ0n) is 23.8. The molecule has 2 aromatic carbocycles. The maximum absolute atomic E-state index is 12.1. The summed E-state index contributed by atoms with van der Waals surface area (Å²) in [6.07, 6.45) is -1.29. The Hall–Kier alpha value is -3.91. The van der Waals surface area contributed by atoms with E-state index in [1.165, 1.54) is 28.4 Å². The van der Waals surface area contributed by atoms with E-state index in [-0.39, 0.29) is 37.5 Å². The molecule has 0 saturated carbocycles. The highest BCUT2D eigenvalue weighted by molar-refractivity contribution is 5.65. The van der Waals surface area contributed by atoms with Gasteiger partial charge in [-0.15, -0.1) is 0 Å². The van der Waals surface area contributed by atoms with Crippen LogP contribution in [0.2, 0.25) is 0 Å². The van der Waals surface area contributed by atoms with Crippen molar-refractivity contribution < 1.29 is 38.5 Å². The molecule has 2 aromatic rings. The number of aliphatic hydroxyl groups is 1. The summed E-state index contributed by atoms with van der Waals surface area (Å²) in [5.41, 5.74) is -0.704. The van der Waals surface area contributed by atoms with Gasteiger partial charge in [-0.05, 0) is 37.0 Å². The van der Waals surface area contributed by atoms with Gasteiger partial charge in [0, 0.05) is 10.5 Å². The summed E-state index contributed by atoms with van der Waals surface area (Å²) in [6, 6.07) is 9.91. The number of fused-ring (bicyclic) bond motifs is 1. The number of nitriles is 1. The average molecular weight is 559 g/mol. The maximum atomic E-state index is 12.1. The molecular weight excluding hydrogens is 520 g/mol. The van der Waals surface area contributed by atoms with E-state index < -0.39 is 28.6 Å². The van der Waals surface area contributed by atoms with Gasteiger partial charge in [-0.3, -0.25) is 10.1 Å². The molecule has 3 rings (SSSR count). The molecule has 40 heavy (non-hydrogen) atoms. The molecule has 1 aliphatic rings. The van der Waals surface area contributed by atoms with Gasteiger partial charge in [0.15, 0.2) is 23.0 Å². The molecule has 0 aromatic heterocycles. The van der Waals surface area contributed by atoms with Crippen molar-refractivity contribution in [3.63, 3.8) is 0 Å². The Morgan fingerprint density at radius 1 is 1.12 bits per heavy atom. The van der Waals surface area contributed by atoms with Crippen LogP contribution in [0.15, 0.2) is 30.3 Å². The predicted molar refractivity (Wildman–Crippen MR) is 146 cm³/mol. The molecule has 0 bridgehead atoms. The summed E-state index contributed by atoms with van der Waals surface area (Å²) in [7, 11) is 5.88.